The zero-order chi connectivity index (χ0) is 13.8. The van der Waals surface area contributed by atoms with Crippen molar-refractivity contribution in [1.82, 2.24) is 10.6 Å². The van der Waals surface area contributed by atoms with Crippen LogP contribution in [-0.4, -0.2) is 12.7 Å². The molecule has 2 heteroatoms. The minimum Gasteiger partial charge on any atom is -0.302 e. The number of aryl methyl sites for hydroxylation is 2. The van der Waals surface area contributed by atoms with Crippen molar-refractivity contribution in [2.24, 2.45) is 0 Å². The molecule has 1 aliphatic carbocycles. The summed E-state index contributed by atoms with van der Waals surface area (Å²) in [5.41, 5.74) is 5.97. The van der Waals surface area contributed by atoms with Crippen molar-refractivity contribution in [3.63, 3.8) is 0 Å². The van der Waals surface area contributed by atoms with Crippen LogP contribution >= 0.6 is 0 Å². The van der Waals surface area contributed by atoms with Gasteiger partial charge in [0.25, 0.3) is 0 Å². The molecule has 2 unspecified atom stereocenters. The molecule has 1 aromatic rings. The maximum Gasteiger partial charge on any atom is 0.0547 e. The van der Waals surface area contributed by atoms with Gasteiger partial charge in [-0.15, -0.1) is 0 Å². The van der Waals surface area contributed by atoms with Gasteiger partial charge in [0.1, 0.15) is 0 Å². The van der Waals surface area contributed by atoms with E-state index in [1.165, 1.54) is 42.4 Å². The number of benzene rings is 1. The topological polar surface area (TPSA) is 24.1 Å². The van der Waals surface area contributed by atoms with E-state index in [9.17, 15) is 0 Å². The van der Waals surface area contributed by atoms with Crippen LogP contribution in [0.4, 0.5) is 0 Å². The standard InChI is InChI=1S/C17H28N2/c1-5-9-18-14(4)19-17-8-6-7-15-13(3)10-12(2)11-16(15)17/h10-11,14,17-19H,5-9H2,1-4H3. The van der Waals surface area contributed by atoms with E-state index in [4.69, 9.17) is 0 Å². The second-order valence-electron chi connectivity index (χ2n) is 5.94. The van der Waals surface area contributed by atoms with E-state index < -0.39 is 0 Å². The first-order valence-electron chi connectivity index (χ1n) is 7.71. The molecule has 0 bridgehead atoms. The zero-order valence-corrected chi connectivity index (χ0v) is 12.8. The Morgan fingerprint density at radius 2 is 2.11 bits per heavy atom. The van der Waals surface area contributed by atoms with Gasteiger partial charge in [-0.25, -0.2) is 0 Å². The zero-order valence-electron chi connectivity index (χ0n) is 12.8. The van der Waals surface area contributed by atoms with E-state index in [0.29, 0.717) is 12.2 Å². The van der Waals surface area contributed by atoms with E-state index >= 15 is 0 Å². The van der Waals surface area contributed by atoms with Gasteiger partial charge in [-0.3, -0.25) is 5.32 Å². The first kappa shape index (κ1) is 14.5. The van der Waals surface area contributed by atoms with Crippen LogP contribution in [0, 0.1) is 13.8 Å². The smallest absolute Gasteiger partial charge is 0.0547 e. The van der Waals surface area contributed by atoms with Gasteiger partial charge in [-0.2, -0.15) is 0 Å². The summed E-state index contributed by atoms with van der Waals surface area (Å²) in [7, 11) is 0. The largest absolute Gasteiger partial charge is 0.302 e. The lowest BCUT2D eigenvalue weighted by Gasteiger charge is -2.31. The average molecular weight is 260 g/mol. The fourth-order valence-electron chi connectivity index (χ4n) is 3.22. The SMILES string of the molecule is CCCNC(C)NC1CCCc2c(C)cc(C)cc21. The predicted molar refractivity (Wildman–Crippen MR) is 82.5 cm³/mol. The van der Waals surface area contributed by atoms with Gasteiger partial charge in [-0.05, 0) is 69.7 Å². The molecule has 2 atom stereocenters. The summed E-state index contributed by atoms with van der Waals surface area (Å²) in [4.78, 5) is 0. The number of hydrogen-bond donors (Lipinski definition) is 2. The highest BCUT2D eigenvalue weighted by molar-refractivity contribution is 5.41. The van der Waals surface area contributed by atoms with E-state index in [2.05, 4.69) is 50.5 Å². The maximum absolute atomic E-state index is 3.75. The molecule has 0 amide bonds. The molecule has 0 aromatic heterocycles. The number of rotatable bonds is 5. The third-order valence-corrected chi connectivity index (χ3v) is 4.10. The van der Waals surface area contributed by atoms with Gasteiger partial charge in [0.15, 0.2) is 0 Å². The molecule has 0 fully saturated rings. The molecule has 0 aliphatic heterocycles. The molecule has 19 heavy (non-hydrogen) atoms. The Hall–Kier alpha value is -0.860. The normalized spacial score (nSPS) is 20.1. The molecule has 2 nitrogen and oxygen atoms in total. The van der Waals surface area contributed by atoms with Crippen LogP contribution in [0.1, 0.15) is 61.4 Å². The molecule has 0 radical (unpaired) electrons. The summed E-state index contributed by atoms with van der Waals surface area (Å²) in [5, 5.41) is 7.28. The molecular formula is C17H28N2. The van der Waals surface area contributed by atoms with Gasteiger partial charge in [0, 0.05) is 6.04 Å². The van der Waals surface area contributed by atoms with Gasteiger partial charge in [-0.1, -0.05) is 24.6 Å². The lowest BCUT2D eigenvalue weighted by molar-refractivity contribution is 0.366. The summed E-state index contributed by atoms with van der Waals surface area (Å²) in [6, 6.07) is 5.22. The molecule has 106 valence electrons. The summed E-state index contributed by atoms with van der Waals surface area (Å²) < 4.78 is 0. The molecule has 2 N–H and O–H groups in total. The number of hydrogen-bond acceptors (Lipinski definition) is 2. The molecule has 2 rings (SSSR count). The van der Waals surface area contributed by atoms with E-state index in [-0.39, 0.29) is 0 Å². The highest BCUT2D eigenvalue weighted by atomic mass is 15.1. The summed E-state index contributed by atoms with van der Waals surface area (Å²) in [5.74, 6) is 0. The summed E-state index contributed by atoms with van der Waals surface area (Å²) in [6.45, 7) is 9.99. The van der Waals surface area contributed by atoms with Crippen LogP contribution in [0.25, 0.3) is 0 Å². The van der Waals surface area contributed by atoms with Crippen molar-refractivity contribution >= 4 is 0 Å². The lowest BCUT2D eigenvalue weighted by atomic mass is 9.84. The van der Waals surface area contributed by atoms with Gasteiger partial charge in [0.05, 0.1) is 6.17 Å². The van der Waals surface area contributed by atoms with Crippen LogP contribution in [0.15, 0.2) is 12.1 Å². The number of nitrogens with one attached hydrogen (secondary N) is 2. The molecule has 0 spiro atoms. The van der Waals surface area contributed by atoms with Crippen LogP contribution in [0.3, 0.4) is 0 Å². The Morgan fingerprint density at radius 3 is 2.84 bits per heavy atom. The van der Waals surface area contributed by atoms with Crippen LogP contribution in [0.5, 0.6) is 0 Å². The summed E-state index contributed by atoms with van der Waals surface area (Å²) in [6.07, 6.45) is 5.38. The van der Waals surface area contributed by atoms with Crippen LogP contribution < -0.4 is 10.6 Å². The molecule has 1 aromatic carbocycles. The van der Waals surface area contributed by atoms with Gasteiger partial charge in [0.2, 0.25) is 0 Å². The lowest BCUT2D eigenvalue weighted by Crippen LogP contribution is -2.43. The fraction of sp³-hybridized carbons (Fsp3) is 0.647. The van der Waals surface area contributed by atoms with E-state index in [1.807, 2.05) is 0 Å². The first-order valence-corrected chi connectivity index (χ1v) is 7.71. The van der Waals surface area contributed by atoms with Crippen molar-refractivity contribution in [2.75, 3.05) is 6.54 Å². The quantitative estimate of drug-likeness (QED) is 0.790. The van der Waals surface area contributed by atoms with Gasteiger partial charge >= 0.3 is 0 Å². The third kappa shape index (κ3) is 3.58. The predicted octanol–water partition coefficient (Wildman–Crippen LogP) is 3.62. The van der Waals surface area contributed by atoms with Crippen LogP contribution in [0.2, 0.25) is 0 Å². The maximum atomic E-state index is 3.75. The average Bonchev–Trinajstić information content (AvgIpc) is 2.37. The third-order valence-electron chi connectivity index (χ3n) is 4.10. The van der Waals surface area contributed by atoms with Crippen molar-refractivity contribution in [3.05, 3.63) is 34.4 Å². The van der Waals surface area contributed by atoms with Crippen LogP contribution in [-0.2, 0) is 6.42 Å². The van der Waals surface area contributed by atoms with E-state index in [0.717, 1.165) is 6.54 Å². The Bertz CT molecular complexity index is 426. The molecule has 0 heterocycles. The Balaban J connectivity index is 2.13. The molecule has 0 saturated carbocycles. The molecule has 1 aliphatic rings. The summed E-state index contributed by atoms with van der Waals surface area (Å²) >= 11 is 0. The van der Waals surface area contributed by atoms with Crippen molar-refractivity contribution < 1.29 is 0 Å². The van der Waals surface area contributed by atoms with Gasteiger partial charge < -0.3 is 5.32 Å². The van der Waals surface area contributed by atoms with Crippen molar-refractivity contribution in [3.8, 4) is 0 Å². The monoisotopic (exact) mass is 260 g/mol. The Kier molecular flexibility index (Phi) is 5.00. The first-order chi connectivity index (χ1) is 9.11. The molecular weight excluding hydrogens is 232 g/mol. The Morgan fingerprint density at radius 1 is 1.32 bits per heavy atom. The minimum atomic E-state index is 0.386. The second-order valence-corrected chi connectivity index (χ2v) is 5.94. The minimum absolute atomic E-state index is 0.386. The van der Waals surface area contributed by atoms with Crippen molar-refractivity contribution in [2.45, 2.75) is 65.6 Å². The number of fused-ring (bicyclic) bond motifs is 1. The van der Waals surface area contributed by atoms with E-state index in [1.54, 1.807) is 5.56 Å². The Labute approximate surface area is 118 Å². The highest BCUT2D eigenvalue weighted by Gasteiger charge is 2.22. The highest BCUT2D eigenvalue weighted by Crippen LogP contribution is 2.32. The fourth-order valence-corrected chi connectivity index (χ4v) is 3.22. The van der Waals surface area contributed by atoms with Crippen molar-refractivity contribution in [1.29, 1.82) is 0 Å². The molecule has 0 saturated heterocycles. The second kappa shape index (κ2) is 6.53.